The van der Waals surface area contributed by atoms with Gasteiger partial charge in [-0.1, -0.05) is 0 Å². The van der Waals surface area contributed by atoms with Crippen LogP contribution >= 0.6 is 0 Å². The van der Waals surface area contributed by atoms with E-state index in [1.165, 1.54) is 37.4 Å². The van der Waals surface area contributed by atoms with Gasteiger partial charge in [0.1, 0.15) is 11.3 Å². The van der Waals surface area contributed by atoms with E-state index in [1.807, 2.05) is 0 Å². The molecule has 28 heavy (non-hydrogen) atoms. The molecule has 9 heteroatoms. The van der Waals surface area contributed by atoms with E-state index in [0.29, 0.717) is 0 Å². The largest absolute Gasteiger partial charge is 0.493 e. The van der Waals surface area contributed by atoms with Crippen molar-refractivity contribution in [3.8, 4) is 17.2 Å². The highest BCUT2D eigenvalue weighted by Crippen LogP contribution is 2.35. The minimum Gasteiger partial charge on any atom is -0.493 e. The van der Waals surface area contributed by atoms with Crippen LogP contribution in [-0.4, -0.2) is 37.2 Å². The second kappa shape index (κ2) is 9.36. The Labute approximate surface area is 160 Å². The third-order valence-electron chi connectivity index (χ3n) is 3.57. The van der Waals surface area contributed by atoms with Gasteiger partial charge >= 0.3 is 11.9 Å². The van der Waals surface area contributed by atoms with E-state index < -0.39 is 22.5 Å². The van der Waals surface area contributed by atoms with Crippen molar-refractivity contribution in [1.82, 2.24) is 0 Å². The molecule has 0 unspecified atom stereocenters. The summed E-state index contributed by atoms with van der Waals surface area (Å²) in [6.45, 7) is 3.91. The molecule has 0 aliphatic heterocycles. The summed E-state index contributed by atoms with van der Waals surface area (Å²) in [7, 11) is 1.35. The predicted octanol–water partition coefficient (Wildman–Crippen LogP) is 3.40. The summed E-state index contributed by atoms with van der Waals surface area (Å²) >= 11 is 0. The van der Waals surface area contributed by atoms with Gasteiger partial charge in [-0.05, 0) is 38.1 Å². The molecule has 0 radical (unpaired) electrons. The fourth-order valence-electron chi connectivity index (χ4n) is 2.33. The van der Waals surface area contributed by atoms with Gasteiger partial charge in [0.2, 0.25) is 0 Å². The minimum absolute atomic E-state index is 0.111. The first-order chi connectivity index (χ1) is 13.4. The van der Waals surface area contributed by atoms with Gasteiger partial charge in [-0.15, -0.1) is 0 Å². The van der Waals surface area contributed by atoms with Gasteiger partial charge in [-0.25, -0.2) is 9.59 Å². The molecule has 0 N–H and O–H groups in total. The number of ether oxygens (including phenoxy) is 4. The van der Waals surface area contributed by atoms with Gasteiger partial charge in [-0.3, -0.25) is 10.1 Å². The summed E-state index contributed by atoms with van der Waals surface area (Å²) in [5.41, 5.74) is -0.479. The van der Waals surface area contributed by atoms with E-state index in [0.717, 1.165) is 6.07 Å². The number of hydrogen-bond donors (Lipinski definition) is 0. The number of carbonyl (C=O) groups excluding carboxylic acids is 2. The molecular formula is C19H19NO8. The molecular weight excluding hydrogens is 370 g/mol. The van der Waals surface area contributed by atoms with Crippen LogP contribution in [0.2, 0.25) is 0 Å². The predicted molar refractivity (Wildman–Crippen MR) is 98.2 cm³/mol. The third-order valence-corrected chi connectivity index (χ3v) is 3.57. The highest BCUT2D eigenvalue weighted by atomic mass is 16.6. The Morgan fingerprint density at radius 3 is 2.21 bits per heavy atom. The van der Waals surface area contributed by atoms with Crippen LogP contribution in [0.4, 0.5) is 5.69 Å². The van der Waals surface area contributed by atoms with Crippen molar-refractivity contribution in [2.45, 2.75) is 13.8 Å². The molecule has 0 aliphatic carbocycles. The van der Waals surface area contributed by atoms with Crippen LogP contribution in [0.3, 0.4) is 0 Å². The first-order valence-corrected chi connectivity index (χ1v) is 8.39. The molecule has 0 heterocycles. The molecule has 0 bridgehead atoms. The molecule has 0 saturated carbocycles. The molecule has 0 spiro atoms. The fraction of sp³-hybridized carbons (Fsp3) is 0.263. The van der Waals surface area contributed by atoms with Crippen molar-refractivity contribution >= 4 is 17.6 Å². The zero-order chi connectivity index (χ0) is 20.7. The van der Waals surface area contributed by atoms with Gasteiger partial charge in [0, 0.05) is 6.07 Å². The van der Waals surface area contributed by atoms with Crippen LogP contribution in [0.5, 0.6) is 17.2 Å². The van der Waals surface area contributed by atoms with Gasteiger partial charge < -0.3 is 18.9 Å². The third kappa shape index (κ3) is 4.76. The number of hydrogen-bond acceptors (Lipinski definition) is 8. The smallest absolute Gasteiger partial charge is 0.350 e. The Bertz CT molecular complexity index is 876. The van der Waals surface area contributed by atoms with E-state index >= 15 is 0 Å². The lowest BCUT2D eigenvalue weighted by Gasteiger charge is -2.11. The van der Waals surface area contributed by atoms with Crippen molar-refractivity contribution < 1.29 is 33.5 Å². The monoisotopic (exact) mass is 389 g/mol. The first-order valence-electron chi connectivity index (χ1n) is 8.39. The van der Waals surface area contributed by atoms with Crippen molar-refractivity contribution in [1.29, 1.82) is 0 Å². The second-order valence-electron chi connectivity index (χ2n) is 5.34. The van der Waals surface area contributed by atoms with Crippen LogP contribution in [0, 0.1) is 10.1 Å². The fourth-order valence-corrected chi connectivity index (χ4v) is 2.33. The number of nitro benzene ring substituents is 1. The lowest BCUT2D eigenvalue weighted by Crippen LogP contribution is -2.12. The SMILES string of the molecule is CCOC(=O)c1ccc(OC(=O)c2cc(OC)c(OCC)cc2[N+](=O)[O-])cc1. The van der Waals surface area contributed by atoms with Gasteiger partial charge in [-0.2, -0.15) is 0 Å². The average Bonchev–Trinajstić information content (AvgIpc) is 2.68. The number of nitrogens with zero attached hydrogens (tertiary/aromatic N) is 1. The van der Waals surface area contributed by atoms with Crippen molar-refractivity contribution in [3.63, 3.8) is 0 Å². The number of carbonyl (C=O) groups is 2. The zero-order valence-corrected chi connectivity index (χ0v) is 15.6. The molecule has 0 aliphatic rings. The van der Waals surface area contributed by atoms with E-state index in [1.54, 1.807) is 13.8 Å². The quantitative estimate of drug-likeness (QED) is 0.292. The van der Waals surface area contributed by atoms with E-state index in [9.17, 15) is 19.7 Å². The molecule has 2 aromatic rings. The summed E-state index contributed by atoms with van der Waals surface area (Å²) in [6.07, 6.45) is 0. The maximum Gasteiger partial charge on any atom is 0.350 e. The highest BCUT2D eigenvalue weighted by molar-refractivity contribution is 5.96. The molecule has 0 atom stereocenters. The highest BCUT2D eigenvalue weighted by Gasteiger charge is 2.26. The topological polar surface area (TPSA) is 114 Å². The summed E-state index contributed by atoms with van der Waals surface area (Å²) in [5.74, 6) is -1.03. The second-order valence-corrected chi connectivity index (χ2v) is 5.34. The summed E-state index contributed by atoms with van der Waals surface area (Å²) in [5, 5.41) is 11.4. The lowest BCUT2D eigenvalue weighted by atomic mass is 10.1. The molecule has 2 rings (SSSR count). The maximum atomic E-state index is 12.5. The summed E-state index contributed by atoms with van der Waals surface area (Å²) < 4.78 is 20.5. The Balaban J connectivity index is 2.30. The van der Waals surface area contributed by atoms with Crippen LogP contribution in [0.15, 0.2) is 36.4 Å². The van der Waals surface area contributed by atoms with E-state index in [-0.39, 0.29) is 41.6 Å². The number of benzene rings is 2. The molecule has 2 aromatic carbocycles. The van der Waals surface area contributed by atoms with E-state index in [2.05, 4.69) is 0 Å². The lowest BCUT2D eigenvalue weighted by molar-refractivity contribution is -0.385. The van der Waals surface area contributed by atoms with Crippen molar-refractivity contribution in [2.75, 3.05) is 20.3 Å². The maximum absolute atomic E-state index is 12.5. The van der Waals surface area contributed by atoms with Crippen molar-refractivity contribution in [2.24, 2.45) is 0 Å². The first kappa shape index (κ1) is 20.7. The van der Waals surface area contributed by atoms with Gasteiger partial charge in [0.05, 0.1) is 36.9 Å². The zero-order valence-electron chi connectivity index (χ0n) is 15.6. The molecule has 148 valence electrons. The van der Waals surface area contributed by atoms with E-state index in [4.69, 9.17) is 18.9 Å². The molecule has 0 amide bonds. The number of rotatable bonds is 8. The molecule has 0 fully saturated rings. The number of nitro groups is 1. The standard InChI is InChI=1S/C19H19NO8/c1-4-26-17-11-15(20(23)24)14(10-16(17)25-3)19(22)28-13-8-6-12(7-9-13)18(21)27-5-2/h6-11H,4-5H2,1-3H3. The Morgan fingerprint density at radius 1 is 1.00 bits per heavy atom. The average molecular weight is 389 g/mol. The summed E-state index contributed by atoms with van der Waals surface area (Å²) in [6, 6.07) is 7.94. The number of methoxy groups -OCH3 is 1. The molecule has 0 aromatic heterocycles. The normalized spacial score (nSPS) is 10.1. The van der Waals surface area contributed by atoms with Gasteiger partial charge in [0.15, 0.2) is 11.5 Å². The molecule has 9 nitrogen and oxygen atoms in total. The minimum atomic E-state index is -0.947. The Kier molecular flexibility index (Phi) is 6.91. The van der Waals surface area contributed by atoms with Crippen LogP contribution in [0.25, 0.3) is 0 Å². The Hall–Kier alpha value is -3.62. The molecule has 0 saturated heterocycles. The van der Waals surface area contributed by atoms with Crippen LogP contribution in [0.1, 0.15) is 34.6 Å². The Morgan fingerprint density at radius 2 is 1.68 bits per heavy atom. The summed E-state index contributed by atoms with van der Waals surface area (Å²) in [4.78, 5) is 34.8. The van der Waals surface area contributed by atoms with Crippen LogP contribution in [-0.2, 0) is 4.74 Å². The van der Waals surface area contributed by atoms with Crippen molar-refractivity contribution in [3.05, 3.63) is 57.6 Å². The van der Waals surface area contributed by atoms with Gasteiger partial charge in [0.25, 0.3) is 5.69 Å². The number of esters is 2. The van der Waals surface area contributed by atoms with Crippen LogP contribution < -0.4 is 14.2 Å².